The highest BCUT2D eigenvalue weighted by molar-refractivity contribution is 6.07. The summed E-state index contributed by atoms with van der Waals surface area (Å²) >= 11 is 0. The molecule has 134 valence electrons. The summed E-state index contributed by atoms with van der Waals surface area (Å²) in [4.78, 5) is 26.6. The summed E-state index contributed by atoms with van der Waals surface area (Å²) in [6.07, 6.45) is 3.00. The van der Waals surface area contributed by atoms with Gasteiger partial charge in [0.1, 0.15) is 11.4 Å². The van der Waals surface area contributed by atoms with Crippen molar-refractivity contribution >= 4 is 11.9 Å². The topological polar surface area (TPSA) is 49.4 Å². The van der Waals surface area contributed by atoms with Crippen molar-refractivity contribution < 1.29 is 14.0 Å². The first-order valence-corrected chi connectivity index (χ1v) is 9.01. The summed E-state index contributed by atoms with van der Waals surface area (Å²) in [6, 6.07) is 15.9. The second kappa shape index (κ2) is 6.56. The molecule has 0 unspecified atom stereocenters. The minimum Gasteiger partial charge on any atom is -0.323 e. The first-order chi connectivity index (χ1) is 12.6. The summed E-state index contributed by atoms with van der Waals surface area (Å²) in [6.45, 7) is 0.103. The molecule has 1 spiro atoms. The molecule has 2 fully saturated rings. The molecule has 26 heavy (non-hydrogen) atoms. The molecule has 3 amide bonds. The third-order valence-electron chi connectivity index (χ3n) is 5.59. The van der Waals surface area contributed by atoms with Crippen molar-refractivity contribution in [3.63, 3.8) is 0 Å². The molecule has 5 heteroatoms. The zero-order valence-electron chi connectivity index (χ0n) is 14.5. The van der Waals surface area contributed by atoms with Crippen LogP contribution in [0, 0.1) is 5.82 Å². The van der Waals surface area contributed by atoms with Crippen LogP contribution in [0.2, 0.25) is 0 Å². The van der Waals surface area contributed by atoms with Gasteiger partial charge in [-0.2, -0.15) is 0 Å². The molecule has 1 saturated heterocycles. The third kappa shape index (κ3) is 2.98. The molecule has 1 heterocycles. The summed E-state index contributed by atoms with van der Waals surface area (Å²) < 4.78 is 13.4. The van der Waals surface area contributed by atoms with E-state index in [1.54, 1.807) is 12.1 Å². The Labute approximate surface area is 152 Å². The molecule has 1 aliphatic heterocycles. The Morgan fingerprint density at radius 1 is 1.04 bits per heavy atom. The summed E-state index contributed by atoms with van der Waals surface area (Å²) in [5, 5.41) is 2.92. The van der Waals surface area contributed by atoms with E-state index >= 15 is 0 Å². The fraction of sp³-hybridized carbons (Fsp3) is 0.333. The van der Waals surface area contributed by atoms with E-state index in [-0.39, 0.29) is 24.3 Å². The lowest BCUT2D eigenvalue weighted by Gasteiger charge is -2.35. The number of urea groups is 1. The van der Waals surface area contributed by atoms with Crippen LogP contribution in [0.25, 0.3) is 0 Å². The van der Waals surface area contributed by atoms with Crippen molar-refractivity contribution in [2.45, 2.75) is 43.7 Å². The smallest absolute Gasteiger partial charge is 0.323 e. The third-order valence-corrected chi connectivity index (χ3v) is 5.59. The fourth-order valence-corrected chi connectivity index (χ4v) is 4.15. The van der Waals surface area contributed by atoms with Gasteiger partial charge in [-0.15, -0.1) is 0 Å². The van der Waals surface area contributed by atoms with E-state index in [2.05, 4.69) is 17.4 Å². The van der Waals surface area contributed by atoms with Gasteiger partial charge in [0.05, 0.1) is 6.54 Å². The summed E-state index contributed by atoms with van der Waals surface area (Å²) in [7, 11) is 0. The number of nitrogens with zero attached hydrogens (tertiary/aromatic N) is 1. The Bertz CT molecular complexity index is 829. The van der Waals surface area contributed by atoms with Gasteiger partial charge in [-0.25, -0.2) is 9.18 Å². The number of benzene rings is 2. The molecule has 0 bridgehead atoms. The number of halogens is 1. The quantitative estimate of drug-likeness (QED) is 0.850. The SMILES string of the molecule is O=C1NC2(CCC(c3ccccc3)CC2)C(=O)N1Cc1cccc(F)c1. The van der Waals surface area contributed by atoms with Gasteiger partial charge >= 0.3 is 6.03 Å². The summed E-state index contributed by atoms with van der Waals surface area (Å²) in [5.41, 5.74) is 1.11. The Hall–Kier alpha value is -2.69. The number of hydrogen-bond donors (Lipinski definition) is 1. The maximum absolute atomic E-state index is 13.4. The Morgan fingerprint density at radius 2 is 1.77 bits per heavy atom. The van der Waals surface area contributed by atoms with Crippen LogP contribution in [-0.2, 0) is 11.3 Å². The van der Waals surface area contributed by atoms with Gasteiger partial charge in [-0.1, -0.05) is 42.5 Å². The monoisotopic (exact) mass is 352 g/mol. The second-order valence-corrected chi connectivity index (χ2v) is 7.22. The number of carbonyl (C=O) groups excluding carboxylic acids is 2. The number of hydrogen-bond acceptors (Lipinski definition) is 2. The number of nitrogens with one attached hydrogen (secondary N) is 1. The van der Waals surface area contributed by atoms with Crippen LogP contribution in [0.5, 0.6) is 0 Å². The Kier molecular flexibility index (Phi) is 4.23. The summed E-state index contributed by atoms with van der Waals surface area (Å²) in [5.74, 6) is -0.130. The Balaban J connectivity index is 1.47. The molecule has 1 N–H and O–H groups in total. The van der Waals surface area contributed by atoms with E-state index in [1.807, 2.05) is 18.2 Å². The molecule has 2 aromatic carbocycles. The van der Waals surface area contributed by atoms with E-state index < -0.39 is 5.54 Å². The van der Waals surface area contributed by atoms with Crippen LogP contribution in [0.3, 0.4) is 0 Å². The van der Waals surface area contributed by atoms with E-state index in [0.717, 1.165) is 12.8 Å². The van der Waals surface area contributed by atoms with Crippen molar-refractivity contribution in [1.29, 1.82) is 0 Å². The molecule has 2 aliphatic rings. The molecule has 2 aromatic rings. The number of imide groups is 1. The molecule has 0 atom stereocenters. The van der Waals surface area contributed by atoms with Gasteiger partial charge in [-0.05, 0) is 54.9 Å². The maximum Gasteiger partial charge on any atom is 0.325 e. The van der Waals surface area contributed by atoms with Gasteiger partial charge in [0.25, 0.3) is 5.91 Å². The van der Waals surface area contributed by atoms with Gasteiger partial charge in [0.2, 0.25) is 0 Å². The number of rotatable bonds is 3. The average Bonchev–Trinajstić information content (AvgIpc) is 2.87. The van der Waals surface area contributed by atoms with Crippen molar-refractivity contribution in [3.8, 4) is 0 Å². The highest BCUT2D eigenvalue weighted by Gasteiger charge is 2.52. The first kappa shape index (κ1) is 16.8. The van der Waals surface area contributed by atoms with E-state index in [4.69, 9.17) is 0 Å². The largest absolute Gasteiger partial charge is 0.325 e. The van der Waals surface area contributed by atoms with Gasteiger partial charge in [0, 0.05) is 0 Å². The fourth-order valence-electron chi connectivity index (χ4n) is 4.15. The van der Waals surface area contributed by atoms with Crippen molar-refractivity contribution in [1.82, 2.24) is 10.2 Å². The molecule has 1 aliphatic carbocycles. The van der Waals surface area contributed by atoms with Crippen LogP contribution in [0.1, 0.15) is 42.7 Å². The molecule has 0 aromatic heterocycles. The lowest BCUT2D eigenvalue weighted by Crippen LogP contribution is -2.49. The van der Waals surface area contributed by atoms with Crippen molar-refractivity contribution in [2.75, 3.05) is 0 Å². The van der Waals surface area contributed by atoms with E-state index in [9.17, 15) is 14.0 Å². The lowest BCUT2D eigenvalue weighted by atomic mass is 9.74. The zero-order chi connectivity index (χ0) is 18.1. The van der Waals surface area contributed by atoms with Crippen LogP contribution < -0.4 is 5.32 Å². The van der Waals surface area contributed by atoms with Crippen LogP contribution in [0.15, 0.2) is 54.6 Å². The lowest BCUT2D eigenvalue weighted by molar-refractivity contribution is -0.132. The zero-order valence-corrected chi connectivity index (χ0v) is 14.5. The minimum atomic E-state index is -0.796. The highest BCUT2D eigenvalue weighted by atomic mass is 19.1. The minimum absolute atomic E-state index is 0.103. The van der Waals surface area contributed by atoms with Crippen LogP contribution in [-0.4, -0.2) is 22.4 Å². The standard InChI is InChI=1S/C21H21FN2O2/c22-18-8-4-5-15(13-18)14-24-19(25)21(23-20(24)26)11-9-17(10-12-21)16-6-2-1-3-7-16/h1-8,13,17H,9-12,14H2,(H,23,26). The highest BCUT2D eigenvalue weighted by Crippen LogP contribution is 2.41. The van der Waals surface area contributed by atoms with Gasteiger partial charge in [0.15, 0.2) is 0 Å². The molecular weight excluding hydrogens is 331 g/mol. The second-order valence-electron chi connectivity index (χ2n) is 7.22. The molecule has 0 radical (unpaired) electrons. The van der Waals surface area contributed by atoms with Crippen molar-refractivity contribution in [2.24, 2.45) is 0 Å². The Morgan fingerprint density at radius 3 is 2.46 bits per heavy atom. The molecule has 1 saturated carbocycles. The average molecular weight is 352 g/mol. The van der Waals surface area contributed by atoms with E-state index in [1.165, 1.54) is 22.6 Å². The number of carbonyl (C=O) groups is 2. The van der Waals surface area contributed by atoms with Gasteiger partial charge < -0.3 is 5.32 Å². The van der Waals surface area contributed by atoms with Crippen LogP contribution >= 0.6 is 0 Å². The predicted molar refractivity (Wildman–Crippen MR) is 95.9 cm³/mol. The van der Waals surface area contributed by atoms with Gasteiger partial charge in [-0.3, -0.25) is 9.69 Å². The first-order valence-electron chi connectivity index (χ1n) is 9.01. The molecule has 4 nitrogen and oxygen atoms in total. The normalized spacial score (nSPS) is 25.6. The predicted octanol–water partition coefficient (Wildman–Crippen LogP) is 3.97. The molecule has 4 rings (SSSR count). The number of amides is 3. The van der Waals surface area contributed by atoms with Crippen molar-refractivity contribution in [3.05, 3.63) is 71.5 Å². The molecular formula is C21H21FN2O2. The van der Waals surface area contributed by atoms with Crippen LogP contribution in [0.4, 0.5) is 9.18 Å². The maximum atomic E-state index is 13.4. The van der Waals surface area contributed by atoms with E-state index in [0.29, 0.717) is 24.3 Å².